The lowest BCUT2D eigenvalue weighted by Crippen LogP contribution is -2.21. The quantitative estimate of drug-likeness (QED) is 0.631. The van der Waals surface area contributed by atoms with Crippen LogP contribution in [0.25, 0.3) is 0 Å². The molecule has 0 aromatic heterocycles. The Morgan fingerprint density at radius 3 is 2.77 bits per heavy atom. The molecule has 0 bridgehead atoms. The molecule has 0 radical (unpaired) electrons. The van der Waals surface area contributed by atoms with Crippen LogP contribution in [-0.4, -0.2) is 44.4 Å². The van der Waals surface area contributed by atoms with Gasteiger partial charge in [-0.05, 0) is 5.57 Å². The Labute approximate surface area is 78.1 Å². The predicted octanol–water partition coefficient (Wildman–Crippen LogP) is 0.313. The van der Waals surface area contributed by atoms with Crippen molar-refractivity contribution in [3.63, 3.8) is 0 Å². The van der Waals surface area contributed by atoms with Crippen LogP contribution in [0.2, 0.25) is 0 Å². The fraction of sp³-hybridized carbons (Fsp3) is 0.778. The number of hydrogen-bond acceptors (Lipinski definition) is 4. The smallest absolute Gasteiger partial charge is 0.160 e. The molecule has 13 heavy (non-hydrogen) atoms. The maximum Gasteiger partial charge on any atom is 0.160 e. The van der Waals surface area contributed by atoms with E-state index in [4.69, 9.17) is 14.2 Å². The first-order valence-electron chi connectivity index (χ1n) is 4.32. The largest absolute Gasteiger partial charge is 0.388 e. The zero-order valence-electron chi connectivity index (χ0n) is 7.86. The van der Waals surface area contributed by atoms with Crippen LogP contribution in [0.1, 0.15) is 6.42 Å². The van der Waals surface area contributed by atoms with E-state index in [0.29, 0.717) is 31.8 Å². The molecule has 1 unspecified atom stereocenters. The normalized spacial score (nSPS) is 20.5. The van der Waals surface area contributed by atoms with Crippen LogP contribution >= 0.6 is 0 Å². The van der Waals surface area contributed by atoms with Gasteiger partial charge in [-0.15, -0.1) is 0 Å². The highest BCUT2D eigenvalue weighted by Crippen LogP contribution is 2.14. The van der Waals surface area contributed by atoms with Gasteiger partial charge in [-0.3, -0.25) is 0 Å². The number of aliphatic hydroxyl groups excluding tert-OH is 1. The molecule has 1 rings (SSSR count). The summed E-state index contributed by atoms with van der Waals surface area (Å²) < 4.78 is 15.2. The molecule has 1 aliphatic rings. The van der Waals surface area contributed by atoms with Crippen molar-refractivity contribution >= 4 is 0 Å². The minimum atomic E-state index is -0.608. The number of ether oxygens (including phenoxy) is 3. The van der Waals surface area contributed by atoms with Crippen molar-refractivity contribution in [2.24, 2.45) is 0 Å². The lowest BCUT2D eigenvalue weighted by Gasteiger charge is -2.16. The van der Waals surface area contributed by atoms with E-state index in [2.05, 4.69) is 6.58 Å². The molecular weight excluding hydrogens is 172 g/mol. The number of methoxy groups -OCH3 is 1. The zero-order valence-corrected chi connectivity index (χ0v) is 7.86. The molecule has 76 valence electrons. The number of aliphatic hydroxyl groups is 1. The molecule has 1 N–H and O–H groups in total. The molecule has 0 amide bonds. The van der Waals surface area contributed by atoms with Crippen molar-refractivity contribution in [1.82, 2.24) is 0 Å². The van der Waals surface area contributed by atoms with E-state index >= 15 is 0 Å². The van der Waals surface area contributed by atoms with Crippen LogP contribution in [0.5, 0.6) is 0 Å². The SMILES string of the molecule is C=C(COC)C(O)CC1OCCO1. The van der Waals surface area contributed by atoms with E-state index in [0.717, 1.165) is 0 Å². The maximum atomic E-state index is 9.57. The summed E-state index contributed by atoms with van der Waals surface area (Å²) >= 11 is 0. The van der Waals surface area contributed by atoms with Gasteiger partial charge >= 0.3 is 0 Å². The van der Waals surface area contributed by atoms with Crippen LogP contribution in [0, 0.1) is 0 Å². The van der Waals surface area contributed by atoms with Gasteiger partial charge in [-0.1, -0.05) is 6.58 Å². The highest BCUT2D eigenvalue weighted by molar-refractivity contribution is 5.02. The van der Waals surface area contributed by atoms with Gasteiger partial charge in [0.2, 0.25) is 0 Å². The third-order valence-corrected chi connectivity index (χ3v) is 1.91. The Kier molecular flexibility index (Phi) is 4.38. The van der Waals surface area contributed by atoms with E-state index in [-0.39, 0.29) is 6.29 Å². The summed E-state index contributed by atoms with van der Waals surface area (Å²) in [6, 6.07) is 0. The van der Waals surface area contributed by atoms with Gasteiger partial charge < -0.3 is 19.3 Å². The van der Waals surface area contributed by atoms with Gasteiger partial charge in [0.15, 0.2) is 6.29 Å². The fourth-order valence-electron chi connectivity index (χ4n) is 1.17. The summed E-state index contributed by atoms with van der Waals surface area (Å²) in [7, 11) is 1.57. The Bertz CT molecular complexity index is 163. The summed E-state index contributed by atoms with van der Waals surface area (Å²) in [5.74, 6) is 0. The average molecular weight is 188 g/mol. The minimum absolute atomic E-state index is 0.288. The molecule has 0 aromatic rings. The van der Waals surface area contributed by atoms with E-state index in [1.165, 1.54) is 0 Å². The monoisotopic (exact) mass is 188 g/mol. The molecule has 0 aliphatic carbocycles. The second-order valence-electron chi connectivity index (χ2n) is 3.01. The highest BCUT2D eigenvalue weighted by Gasteiger charge is 2.21. The Morgan fingerprint density at radius 2 is 2.23 bits per heavy atom. The Hall–Kier alpha value is -0.420. The predicted molar refractivity (Wildman–Crippen MR) is 47.3 cm³/mol. The van der Waals surface area contributed by atoms with Gasteiger partial charge in [0.05, 0.1) is 25.9 Å². The summed E-state index contributed by atoms with van der Waals surface area (Å²) in [5.41, 5.74) is 0.654. The van der Waals surface area contributed by atoms with Gasteiger partial charge in [0.1, 0.15) is 0 Å². The van der Waals surface area contributed by atoms with Crippen molar-refractivity contribution in [2.45, 2.75) is 18.8 Å². The Morgan fingerprint density at radius 1 is 1.62 bits per heavy atom. The third-order valence-electron chi connectivity index (χ3n) is 1.91. The van der Waals surface area contributed by atoms with Crippen LogP contribution in [0.15, 0.2) is 12.2 Å². The molecule has 1 aliphatic heterocycles. The van der Waals surface area contributed by atoms with Crippen LogP contribution in [0.3, 0.4) is 0 Å². The van der Waals surface area contributed by atoms with Crippen molar-refractivity contribution in [2.75, 3.05) is 26.9 Å². The van der Waals surface area contributed by atoms with Gasteiger partial charge in [-0.25, -0.2) is 0 Å². The topological polar surface area (TPSA) is 47.9 Å². The minimum Gasteiger partial charge on any atom is -0.388 e. The summed E-state index contributed by atoms with van der Waals surface area (Å²) in [6.07, 6.45) is -0.464. The molecule has 0 saturated carbocycles. The summed E-state index contributed by atoms with van der Waals surface area (Å²) in [5, 5.41) is 9.57. The van der Waals surface area contributed by atoms with Crippen molar-refractivity contribution in [3.8, 4) is 0 Å². The second-order valence-corrected chi connectivity index (χ2v) is 3.01. The lowest BCUT2D eigenvalue weighted by atomic mass is 10.1. The lowest BCUT2D eigenvalue weighted by molar-refractivity contribution is -0.0660. The fourth-order valence-corrected chi connectivity index (χ4v) is 1.17. The van der Waals surface area contributed by atoms with Crippen molar-refractivity contribution in [1.29, 1.82) is 0 Å². The molecule has 1 fully saturated rings. The third kappa shape index (κ3) is 3.44. The van der Waals surface area contributed by atoms with E-state index in [1.807, 2.05) is 0 Å². The molecule has 1 saturated heterocycles. The molecule has 0 spiro atoms. The maximum absolute atomic E-state index is 9.57. The summed E-state index contributed by atoms with van der Waals surface area (Å²) in [4.78, 5) is 0. The van der Waals surface area contributed by atoms with Crippen LogP contribution in [0.4, 0.5) is 0 Å². The zero-order chi connectivity index (χ0) is 9.68. The van der Waals surface area contributed by atoms with E-state index in [1.54, 1.807) is 7.11 Å². The first kappa shape index (κ1) is 10.7. The van der Waals surface area contributed by atoms with Crippen LogP contribution < -0.4 is 0 Å². The second kappa shape index (κ2) is 5.34. The van der Waals surface area contributed by atoms with Gasteiger partial charge in [0.25, 0.3) is 0 Å². The molecule has 4 heteroatoms. The molecule has 1 heterocycles. The molecule has 1 atom stereocenters. The Balaban J connectivity index is 2.22. The van der Waals surface area contributed by atoms with Gasteiger partial charge in [-0.2, -0.15) is 0 Å². The van der Waals surface area contributed by atoms with Gasteiger partial charge in [0, 0.05) is 13.5 Å². The number of hydrogen-bond donors (Lipinski definition) is 1. The van der Waals surface area contributed by atoms with Crippen molar-refractivity contribution in [3.05, 3.63) is 12.2 Å². The summed E-state index contributed by atoms with van der Waals surface area (Å²) in [6.45, 7) is 5.28. The van der Waals surface area contributed by atoms with E-state index in [9.17, 15) is 5.11 Å². The van der Waals surface area contributed by atoms with Crippen LogP contribution in [-0.2, 0) is 14.2 Å². The highest BCUT2D eigenvalue weighted by atomic mass is 16.7. The molecular formula is C9H16O4. The molecule has 4 nitrogen and oxygen atoms in total. The van der Waals surface area contributed by atoms with Crippen molar-refractivity contribution < 1.29 is 19.3 Å². The number of rotatable bonds is 5. The molecule has 0 aromatic carbocycles. The average Bonchev–Trinajstić information content (AvgIpc) is 2.57. The first-order chi connectivity index (χ1) is 6.24. The first-order valence-corrected chi connectivity index (χ1v) is 4.32. The standard InChI is InChI=1S/C9H16O4/c1-7(6-11-2)8(10)5-9-12-3-4-13-9/h8-10H,1,3-6H2,2H3. The van der Waals surface area contributed by atoms with E-state index < -0.39 is 6.10 Å².